The van der Waals surface area contributed by atoms with Gasteiger partial charge in [0.2, 0.25) is 0 Å². The van der Waals surface area contributed by atoms with Crippen LogP contribution in [0, 0.1) is 3.57 Å². The fourth-order valence-electron chi connectivity index (χ4n) is 1.39. The zero-order chi connectivity index (χ0) is 11.7. The highest BCUT2D eigenvalue weighted by atomic mass is 127. The van der Waals surface area contributed by atoms with Crippen LogP contribution in [-0.4, -0.2) is 16.2 Å². The van der Waals surface area contributed by atoms with Crippen LogP contribution in [0.4, 0.5) is 10.6 Å². The van der Waals surface area contributed by atoms with Crippen molar-refractivity contribution in [3.05, 3.63) is 32.4 Å². The Bertz CT molecular complexity index is 574. The molecule has 0 atom stereocenters. The molecule has 16 heavy (non-hydrogen) atoms. The van der Waals surface area contributed by atoms with Crippen molar-refractivity contribution in [1.29, 1.82) is 0 Å². The van der Waals surface area contributed by atoms with Gasteiger partial charge in [-0.2, -0.15) is 0 Å². The minimum absolute atomic E-state index is 0.314. The van der Waals surface area contributed by atoms with Crippen molar-refractivity contribution < 1.29 is 9.90 Å². The van der Waals surface area contributed by atoms with Crippen molar-refractivity contribution in [1.82, 2.24) is 4.98 Å². The number of fused-ring (bicyclic) bond motifs is 1. The van der Waals surface area contributed by atoms with E-state index < -0.39 is 6.09 Å². The standard InChI is InChI=1S/C10H6BrIN2O2/c11-9-8-5(2-1-3-6(8)12)4-7(13-9)14-10(15)16/h1-4H,(H,13,14)(H,15,16). The molecular formula is C10H6BrIN2O2. The second-order valence-electron chi connectivity index (χ2n) is 3.07. The molecule has 0 bridgehead atoms. The van der Waals surface area contributed by atoms with E-state index in [2.05, 4.69) is 48.8 Å². The van der Waals surface area contributed by atoms with Gasteiger partial charge in [0.15, 0.2) is 0 Å². The fraction of sp³-hybridized carbons (Fsp3) is 0. The molecule has 1 aromatic heterocycles. The maximum Gasteiger partial charge on any atom is 0.410 e. The molecule has 0 spiro atoms. The van der Waals surface area contributed by atoms with E-state index in [0.29, 0.717) is 10.4 Å². The summed E-state index contributed by atoms with van der Waals surface area (Å²) in [5, 5.41) is 12.8. The van der Waals surface area contributed by atoms with E-state index in [1.807, 2.05) is 18.2 Å². The van der Waals surface area contributed by atoms with Crippen LogP contribution in [0.5, 0.6) is 0 Å². The minimum atomic E-state index is -1.12. The molecule has 82 valence electrons. The molecule has 1 amide bonds. The Hall–Kier alpha value is -0.890. The van der Waals surface area contributed by atoms with Crippen LogP contribution < -0.4 is 5.32 Å². The average molecular weight is 393 g/mol. The number of amides is 1. The average Bonchev–Trinajstić information content (AvgIpc) is 2.15. The topological polar surface area (TPSA) is 62.2 Å². The molecule has 0 radical (unpaired) electrons. The number of halogens is 2. The van der Waals surface area contributed by atoms with Crippen molar-refractivity contribution in [2.75, 3.05) is 5.32 Å². The lowest BCUT2D eigenvalue weighted by Crippen LogP contribution is -2.08. The minimum Gasteiger partial charge on any atom is -0.465 e. The van der Waals surface area contributed by atoms with Crippen LogP contribution in [0.2, 0.25) is 0 Å². The summed E-state index contributed by atoms with van der Waals surface area (Å²) in [4.78, 5) is 14.6. The lowest BCUT2D eigenvalue weighted by molar-refractivity contribution is 0.209. The molecule has 1 aromatic carbocycles. The van der Waals surface area contributed by atoms with Crippen LogP contribution in [0.15, 0.2) is 28.9 Å². The van der Waals surface area contributed by atoms with Gasteiger partial charge < -0.3 is 5.11 Å². The molecule has 4 nitrogen and oxygen atoms in total. The summed E-state index contributed by atoms with van der Waals surface area (Å²) in [5.74, 6) is 0.314. The number of pyridine rings is 1. The maximum atomic E-state index is 10.5. The van der Waals surface area contributed by atoms with Gasteiger partial charge in [-0.05, 0) is 56.0 Å². The number of nitrogens with zero attached hydrogens (tertiary/aromatic N) is 1. The summed E-state index contributed by atoms with van der Waals surface area (Å²) in [6.07, 6.45) is -1.12. The third-order valence-electron chi connectivity index (χ3n) is 2.00. The predicted molar refractivity (Wildman–Crippen MR) is 73.8 cm³/mol. The highest BCUT2D eigenvalue weighted by Gasteiger charge is 2.08. The number of nitrogens with one attached hydrogen (secondary N) is 1. The van der Waals surface area contributed by atoms with Gasteiger partial charge in [0.05, 0.1) is 0 Å². The second kappa shape index (κ2) is 4.54. The largest absolute Gasteiger partial charge is 0.465 e. The predicted octanol–water partition coefficient (Wildman–Crippen LogP) is 3.69. The van der Waals surface area contributed by atoms with E-state index in [0.717, 1.165) is 14.3 Å². The van der Waals surface area contributed by atoms with Crippen molar-refractivity contribution in [3.63, 3.8) is 0 Å². The third-order valence-corrected chi connectivity index (χ3v) is 3.47. The van der Waals surface area contributed by atoms with Gasteiger partial charge >= 0.3 is 6.09 Å². The van der Waals surface area contributed by atoms with Crippen LogP contribution in [-0.2, 0) is 0 Å². The lowest BCUT2D eigenvalue weighted by atomic mass is 10.2. The Balaban J connectivity index is 2.64. The van der Waals surface area contributed by atoms with Crippen LogP contribution in [0.1, 0.15) is 0 Å². The van der Waals surface area contributed by atoms with Gasteiger partial charge in [0.1, 0.15) is 10.4 Å². The van der Waals surface area contributed by atoms with Crippen molar-refractivity contribution in [2.24, 2.45) is 0 Å². The quantitative estimate of drug-likeness (QED) is 0.574. The number of hydrogen-bond donors (Lipinski definition) is 2. The molecule has 0 fully saturated rings. The van der Waals surface area contributed by atoms with E-state index in [1.165, 1.54) is 0 Å². The van der Waals surface area contributed by atoms with Crippen LogP contribution in [0.25, 0.3) is 10.8 Å². The molecular weight excluding hydrogens is 387 g/mol. The molecule has 0 saturated carbocycles. The second-order valence-corrected chi connectivity index (χ2v) is 4.98. The summed E-state index contributed by atoms with van der Waals surface area (Å²) in [7, 11) is 0. The van der Waals surface area contributed by atoms with Gasteiger partial charge in [0.25, 0.3) is 0 Å². The number of rotatable bonds is 1. The van der Waals surface area contributed by atoms with E-state index in [-0.39, 0.29) is 0 Å². The zero-order valence-corrected chi connectivity index (χ0v) is 11.6. The first-order valence-electron chi connectivity index (χ1n) is 4.32. The Morgan fingerprint density at radius 2 is 2.25 bits per heavy atom. The van der Waals surface area contributed by atoms with Gasteiger partial charge in [0, 0.05) is 8.96 Å². The van der Waals surface area contributed by atoms with Crippen molar-refractivity contribution in [2.45, 2.75) is 0 Å². The number of benzene rings is 1. The molecule has 6 heteroatoms. The first kappa shape index (κ1) is 11.6. The Morgan fingerprint density at radius 3 is 2.94 bits per heavy atom. The van der Waals surface area contributed by atoms with Gasteiger partial charge in [-0.25, -0.2) is 9.78 Å². The van der Waals surface area contributed by atoms with Gasteiger partial charge in [-0.1, -0.05) is 12.1 Å². The highest BCUT2D eigenvalue weighted by Crippen LogP contribution is 2.29. The van der Waals surface area contributed by atoms with E-state index in [4.69, 9.17) is 5.11 Å². The Morgan fingerprint density at radius 1 is 1.50 bits per heavy atom. The highest BCUT2D eigenvalue weighted by molar-refractivity contribution is 14.1. The molecule has 2 rings (SSSR count). The van der Waals surface area contributed by atoms with Crippen molar-refractivity contribution >= 4 is 61.2 Å². The SMILES string of the molecule is O=C(O)Nc1cc2cccc(I)c2c(Br)n1. The van der Waals surface area contributed by atoms with Crippen LogP contribution >= 0.6 is 38.5 Å². The molecule has 0 aliphatic rings. The molecule has 0 aliphatic heterocycles. The number of carboxylic acid groups (broad SMARTS) is 1. The third kappa shape index (κ3) is 2.27. The van der Waals surface area contributed by atoms with E-state index in [1.54, 1.807) is 6.07 Å². The number of carbonyl (C=O) groups is 1. The molecule has 0 unspecified atom stereocenters. The summed E-state index contributed by atoms with van der Waals surface area (Å²) < 4.78 is 1.70. The summed E-state index contributed by atoms with van der Waals surface area (Å²) in [6, 6.07) is 7.51. The molecule has 0 aliphatic carbocycles. The molecule has 0 saturated heterocycles. The summed E-state index contributed by atoms with van der Waals surface area (Å²) in [5.41, 5.74) is 0. The molecule has 2 N–H and O–H groups in total. The summed E-state index contributed by atoms with van der Waals surface area (Å²) >= 11 is 5.55. The van der Waals surface area contributed by atoms with Crippen LogP contribution in [0.3, 0.4) is 0 Å². The zero-order valence-electron chi connectivity index (χ0n) is 7.87. The number of aromatic nitrogens is 1. The number of anilines is 1. The maximum absolute atomic E-state index is 10.5. The Labute approximate surface area is 113 Å². The summed E-state index contributed by atoms with van der Waals surface area (Å²) in [6.45, 7) is 0. The Kier molecular flexibility index (Phi) is 3.29. The smallest absolute Gasteiger partial charge is 0.410 e. The first-order chi connectivity index (χ1) is 7.58. The normalized spacial score (nSPS) is 10.4. The van der Waals surface area contributed by atoms with Gasteiger partial charge in [-0.15, -0.1) is 0 Å². The van der Waals surface area contributed by atoms with E-state index >= 15 is 0 Å². The van der Waals surface area contributed by atoms with Gasteiger partial charge in [-0.3, -0.25) is 5.32 Å². The van der Waals surface area contributed by atoms with Crippen molar-refractivity contribution in [3.8, 4) is 0 Å². The lowest BCUT2D eigenvalue weighted by Gasteiger charge is -2.06. The molecule has 2 aromatic rings. The fourth-order valence-corrected chi connectivity index (χ4v) is 3.17. The number of hydrogen-bond acceptors (Lipinski definition) is 2. The first-order valence-corrected chi connectivity index (χ1v) is 6.20. The molecule has 1 heterocycles. The van der Waals surface area contributed by atoms with E-state index in [9.17, 15) is 4.79 Å². The monoisotopic (exact) mass is 392 g/mol.